The second-order valence-electron chi connectivity index (χ2n) is 8.02. The lowest BCUT2D eigenvalue weighted by molar-refractivity contribution is -0.125. The third-order valence-electron chi connectivity index (χ3n) is 5.65. The lowest BCUT2D eigenvalue weighted by Crippen LogP contribution is -2.45. The van der Waals surface area contributed by atoms with Gasteiger partial charge < -0.3 is 16.0 Å². The predicted molar refractivity (Wildman–Crippen MR) is 124 cm³/mol. The number of para-hydroxylation sites is 2. The Balaban J connectivity index is 1.74. The van der Waals surface area contributed by atoms with E-state index in [1.165, 1.54) is 6.92 Å². The first-order chi connectivity index (χ1) is 15.5. The molecule has 4 N–H and O–H groups in total. The smallest absolute Gasteiger partial charge is 0.254 e. The minimum Gasteiger partial charge on any atom is -0.371 e. The normalized spacial score (nSPS) is 21.7. The molecule has 2 aliphatic rings. The van der Waals surface area contributed by atoms with Crippen LogP contribution >= 0.6 is 0 Å². The maximum Gasteiger partial charge on any atom is 0.254 e. The molecule has 164 valence electrons. The molecule has 32 heavy (non-hydrogen) atoms. The number of anilines is 2. The van der Waals surface area contributed by atoms with Crippen LogP contribution in [0, 0.1) is 5.92 Å². The summed E-state index contributed by atoms with van der Waals surface area (Å²) in [6, 6.07) is 19.4. The van der Waals surface area contributed by atoms with E-state index in [2.05, 4.69) is 21.3 Å². The summed E-state index contributed by atoms with van der Waals surface area (Å²) in [5.74, 6) is -1.40. The van der Waals surface area contributed by atoms with Gasteiger partial charge in [-0.15, -0.1) is 0 Å². The van der Waals surface area contributed by atoms with Gasteiger partial charge in [-0.3, -0.25) is 19.7 Å². The number of hydrogen-bond donors (Lipinski definition) is 4. The molecule has 1 aliphatic heterocycles. The van der Waals surface area contributed by atoms with E-state index < -0.39 is 11.5 Å². The Morgan fingerprint density at radius 1 is 1.00 bits per heavy atom. The van der Waals surface area contributed by atoms with Crippen molar-refractivity contribution in [3.8, 4) is 0 Å². The second-order valence-corrected chi connectivity index (χ2v) is 8.02. The molecule has 0 radical (unpaired) electrons. The second kappa shape index (κ2) is 9.09. The van der Waals surface area contributed by atoms with Gasteiger partial charge in [-0.25, -0.2) is 0 Å². The molecule has 7 heteroatoms. The van der Waals surface area contributed by atoms with Crippen molar-refractivity contribution in [2.45, 2.75) is 25.3 Å². The molecular formula is C25H26N4O3. The van der Waals surface area contributed by atoms with Gasteiger partial charge in [-0.05, 0) is 49.3 Å². The average Bonchev–Trinajstić information content (AvgIpc) is 3.05. The van der Waals surface area contributed by atoms with E-state index in [0.717, 1.165) is 17.1 Å². The van der Waals surface area contributed by atoms with Gasteiger partial charge in [0.05, 0.1) is 11.5 Å². The molecule has 0 saturated carbocycles. The highest BCUT2D eigenvalue weighted by Crippen LogP contribution is 2.39. The topological polar surface area (TPSA) is 99.3 Å². The fourth-order valence-corrected chi connectivity index (χ4v) is 4.14. The first-order valence-electron chi connectivity index (χ1n) is 10.7. The first-order valence-corrected chi connectivity index (χ1v) is 10.7. The lowest BCUT2D eigenvalue weighted by Gasteiger charge is -2.39. The summed E-state index contributed by atoms with van der Waals surface area (Å²) in [6.45, 7) is 1.99. The molecule has 0 bridgehead atoms. The van der Waals surface area contributed by atoms with Crippen LogP contribution < -0.4 is 21.3 Å². The maximum atomic E-state index is 12.5. The van der Waals surface area contributed by atoms with E-state index in [4.69, 9.17) is 0 Å². The van der Waals surface area contributed by atoms with Crippen LogP contribution in [-0.4, -0.2) is 29.8 Å². The SMILES string of the molecule is CC(=O)NCCCC1(Nc2ccccc2)C=C2C(=O)NC(=O)C2C=C1Nc1ccccc1. The molecule has 2 unspecified atom stereocenters. The highest BCUT2D eigenvalue weighted by molar-refractivity contribution is 6.16. The number of rotatable bonds is 8. The Morgan fingerprint density at radius 2 is 1.66 bits per heavy atom. The molecule has 1 heterocycles. The number of imide groups is 1. The zero-order valence-electron chi connectivity index (χ0n) is 17.9. The number of hydrogen-bond acceptors (Lipinski definition) is 5. The van der Waals surface area contributed by atoms with Crippen molar-refractivity contribution >= 4 is 29.1 Å². The van der Waals surface area contributed by atoms with Gasteiger partial charge in [-0.1, -0.05) is 36.4 Å². The summed E-state index contributed by atoms with van der Waals surface area (Å²) in [5.41, 5.74) is 2.21. The molecule has 1 aliphatic carbocycles. The van der Waals surface area contributed by atoms with Crippen molar-refractivity contribution in [3.05, 3.63) is 84.1 Å². The Labute approximate surface area is 187 Å². The molecule has 4 rings (SSSR count). The molecular weight excluding hydrogens is 404 g/mol. The lowest BCUT2D eigenvalue weighted by atomic mass is 9.78. The summed E-state index contributed by atoms with van der Waals surface area (Å²) in [5, 5.41) is 12.3. The van der Waals surface area contributed by atoms with E-state index in [-0.39, 0.29) is 17.7 Å². The third-order valence-corrected chi connectivity index (χ3v) is 5.65. The van der Waals surface area contributed by atoms with Crippen molar-refractivity contribution in [1.29, 1.82) is 0 Å². The van der Waals surface area contributed by atoms with E-state index >= 15 is 0 Å². The Morgan fingerprint density at radius 3 is 2.31 bits per heavy atom. The van der Waals surface area contributed by atoms with Crippen molar-refractivity contribution in [2.24, 2.45) is 5.92 Å². The summed E-state index contributed by atoms with van der Waals surface area (Å²) < 4.78 is 0. The molecule has 2 aromatic rings. The number of amides is 3. The van der Waals surface area contributed by atoms with Crippen LogP contribution in [0.5, 0.6) is 0 Å². The molecule has 0 spiro atoms. The number of carbonyl (C=O) groups excluding carboxylic acids is 3. The Hall–Kier alpha value is -3.87. The van der Waals surface area contributed by atoms with Gasteiger partial charge in [-0.2, -0.15) is 0 Å². The van der Waals surface area contributed by atoms with Crippen LogP contribution in [0.3, 0.4) is 0 Å². The predicted octanol–water partition coefficient (Wildman–Crippen LogP) is 2.96. The monoisotopic (exact) mass is 430 g/mol. The van der Waals surface area contributed by atoms with E-state index in [1.54, 1.807) is 0 Å². The molecule has 0 aromatic heterocycles. The summed E-state index contributed by atoms with van der Waals surface area (Å²) in [6.07, 6.45) is 4.95. The molecule has 2 aromatic carbocycles. The van der Waals surface area contributed by atoms with Crippen LogP contribution in [0.25, 0.3) is 0 Å². The van der Waals surface area contributed by atoms with Crippen LogP contribution in [0.4, 0.5) is 11.4 Å². The van der Waals surface area contributed by atoms with E-state index in [1.807, 2.05) is 72.8 Å². The van der Waals surface area contributed by atoms with Crippen LogP contribution in [-0.2, 0) is 14.4 Å². The van der Waals surface area contributed by atoms with Crippen molar-refractivity contribution in [2.75, 3.05) is 17.2 Å². The zero-order valence-corrected chi connectivity index (χ0v) is 17.9. The molecule has 7 nitrogen and oxygen atoms in total. The van der Waals surface area contributed by atoms with Crippen molar-refractivity contribution < 1.29 is 14.4 Å². The number of carbonyl (C=O) groups is 3. The minimum absolute atomic E-state index is 0.0870. The highest BCUT2D eigenvalue weighted by atomic mass is 16.2. The molecule has 3 amide bonds. The summed E-state index contributed by atoms with van der Waals surface area (Å²) in [7, 11) is 0. The first kappa shape index (κ1) is 21.4. The minimum atomic E-state index is -0.774. The van der Waals surface area contributed by atoms with Gasteiger partial charge in [0.25, 0.3) is 5.91 Å². The van der Waals surface area contributed by atoms with Crippen molar-refractivity contribution in [3.63, 3.8) is 0 Å². The van der Waals surface area contributed by atoms with Crippen LogP contribution in [0.1, 0.15) is 19.8 Å². The third kappa shape index (κ3) is 4.56. The van der Waals surface area contributed by atoms with Gasteiger partial charge >= 0.3 is 0 Å². The summed E-state index contributed by atoms with van der Waals surface area (Å²) >= 11 is 0. The van der Waals surface area contributed by atoms with E-state index in [0.29, 0.717) is 25.0 Å². The zero-order chi connectivity index (χ0) is 22.6. The highest BCUT2D eigenvalue weighted by Gasteiger charge is 2.45. The van der Waals surface area contributed by atoms with Gasteiger partial charge in [0.1, 0.15) is 0 Å². The Bertz CT molecular complexity index is 1080. The standard InChI is InChI=1S/C25H26N4O3/c1-17(30)26-14-8-13-25(29-19-11-6-3-7-12-19)16-21-20(23(31)28-24(21)32)15-22(25)27-18-9-4-2-5-10-18/h2-7,9-12,15-16,20,27,29H,8,13-14H2,1H3,(H,26,30)(H,28,31,32). The fraction of sp³-hybridized carbons (Fsp3) is 0.240. The number of benzene rings is 2. The van der Waals surface area contributed by atoms with Crippen molar-refractivity contribution in [1.82, 2.24) is 10.6 Å². The fourth-order valence-electron chi connectivity index (χ4n) is 4.14. The molecule has 1 saturated heterocycles. The van der Waals surface area contributed by atoms with Gasteiger partial charge in [0.15, 0.2) is 0 Å². The average molecular weight is 431 g/mol. The maximum absolute atomic E-state index is 12.5. The summed E-state index contributed by atoms with van der Waals surface area (Å²) in [4.78, 5) is 36.3. The van der Waals surface area contributed by atoms with Gasteiger partial charge in [0.2, 0.25) is 11.8 Å². The molecule has 2 atom stereocenters. The van der Waals surface area contributed by atoms with E-state index in [9.17, 15) is 14.4 Å². The Kier molecular flexibility index (Phi) is 6.07. The van der Waals surface area contributed by atoms with Crippen LogP contribution in [0.2, 0.25) is 0 Å². The van der Waals surface area contributed by atoms with Crippen LogP contribution in [0.15, 0.2) is 84.1 Å². The molecule has 1 fully saturated rings. The van der Waals surface area contributed by atoms with Gasteiger partial charge in [0, 0.05) is 36.1 Å². The number of fused-ring (bicyclic) bond motifs is 1. The number of nitrogens with one attached hydrogen (secondary N) is 4. The largest absolute Gasteiger partial charge is 0.371 e. The quantitative estimate of drug-likeness (QED) is 0.381.